The molecule has 2 N–H and O–H groups in total. The van der Waals surface area contributed by atoms with E-state index in [-0.39, 0.29) is 0 Å². The lowest BCUT2D eigenvalue weighted by atomic mass is 10.2. The summed E-state index contributed by atoms with van der Waals surface area (Å²) in [5, 5.41) is 4.14. The van der Waals surface area contributed by atoms with Gasteiger partial charge < -0.3 is 15.2 Å². The highest BCUT2D eigenvalue weighted by molar-refractivity contribution is 5.60. The van der Waals surface area contributed by atoms with E-state index >= 15 is 0 Å². The minimum absolute atomic E-state index is 0.513. The van der Waals surface area contributed by atoms with Gasteiger partial charge in [0, 0.05) is 25.6 Å². The highest BCUT2D eigenvalue weighted by atomic mass is 16.5. The van der Waals surface area contributed by atoms with Gasteiger partial charge in [0.05, 0.1) is 18.0 Å². The normalized spacial score (nSPS) is 10.4. The third-order valence-corrected chi connectivity index (χ3v) is 2.31. The van der Waals surface area contributed by atoms with Gasteiger partial charge in [0.2, 0.25) is 0 Å². The maximum atomic E-state index is 5.89. The van der Waals surface area contributed by atoms with Gasteiger partial charge in [0.15, 0.2) is 0 Å². The number of methoxy groups -OCH3 is 1. The van der Waals surface area contributed by atoms with Crippen LogP contribution in [-0.2, 0) is 4.74 Å². The van der Waals surface area contributed by atoms with Gasteiger partial charge in [-0.25, -0.2) is 4.68 Å². The summed E-state index contributed by atoms with van der Waals surface area (Å²) in [5.41, 5.74) is 7.36. The Balaban J connectivity index is 2.18. The fourth-order valence-electron chi connectivity index (χ4n) is 1.47. The molecule has 2 aromatic rings. The number of hydrogen-bond donors (Lipinski definition) is 1. The minimum Gasteiger partial charge on any atom is -0.491 e. The van der Waals surface area contributed by atoms with Gasteiger partial charge >= 0.3 is 0 Å². The zero-order chi connectivity index (χ0) is 12.1. The van der Waals surface area contributed by atoms with Crippen molar-refractivity contribution >= 4 is 5.69 Å². The number of anilines is 1. The Labute approximate surface area is 99.8 Å². The Kier molecular flexibility index (Phi) is 3.62. The van der Waals surface area contributed by atoms with E-state index in [9.17, 15) is 0 Å². The fourth-order valence-corrected chi connectivity index (χ4v) is 1.47. The summed E-state index contributed by atoms with van der Waals surface area (Å²) in [6, 6.07) is 7.34. The number of aromatic nitrogens is 2. The Morgan fingerprint density at radius 3 is 2.94 bits per heavy atom. The molecule has 0 amide bonds. The van der Waals surface area contributed by atoms with Crippen molar-refractivity contribution in [2.45, 2.75) is 0 Å². The molecular formula is C12H15N3O2. The van der Waals surface area contributed by atoms with Crippen LogP contribution >= 0.6 is 0 Å². The van der Waals surface area contributed by atoms with Crippen LogP contribution in [-0.4, -0.2) is 30.1 Å². The van der Waals surface area contributed by atoms with Crippen molar-refractivity contribution in [1.82, 2.24) is 9.78 Å². The van der Waals surface area contributed by atoms with E-state index in [4.69, 9.17) is 15.2 Å². The zero-order valence-electron chi connectivity index (χ0n) is 9.67. The summed E-state index contributed by atoms with van der Waals surface area (Å²) >= 11 is 0. The molecule has 0 fully saturated rings. The highest BCUT2D eigenvalue weighted by Gasteiger charge is 2.04. The molecule has 0 aliphatic carbocycles. The first-order valence-corrected chi connectivity index (χ1v) is 5.32. The molecule has 0 spiro atoms. The van der Waals surface area contributed by atoms with E-state index in [2.05, 4.69) is 5.10 Å². The monoisotopic (exact) mass is 233 g/mol. The average Bonchev–Trinajstić information content (AvgIpc) is 2.85. The standard InChI is InChI=1S/C12H15N3O2/c1-16-7-8-17-10-3-4-11(13)12(9-10)15-6-2-5-14-15/h2-6,9H,7-8,13H2,1H3. The zero-order valence-corrected chi connectivity index (χ0v) is 9.67. The number of hydrogen-bond acceptors (Lipinski definition) is 4. The van der Waals surface area contributed by atoms with Gasteiger partial charge in [0.1, 0.15) is 12.4 Å². The van der Waals surface area contributed by atoms with Crippen molar-refractivity contribution < 1.29 is 9.47 Å². The molecule has 17 heavy (non-hydrogen) atoms. The third kappa shape index (κ3) is 2.76. The molecule has 0 radical (unpaired) electrons. The van der Waals surface area contributed by atoms with Gasteiger partial charge in [-0.2, -0.15) is 5.10 Å². The smallest absolute Gasteiger partial charge is 0.121 e. The summed E-state index contributed by atoms with van der Waals surface area (Å²) in [4.78, 5) is 0. The van der Waals surface area contributed by atoms with Gasteiger partial charge in [0.25, 0.3) is 0 Å². The van der Waals surface area contributed by atoms with Crippen LogP contribution in [0.15, 0.2) is 36.7 Å². The van der Waals surface area contributed by atoms with Gasteiger partial charge in [-0.15, -0.1) is 0 Å². The van der Waals surface area contributed by atoms with Gasteiger partial charge in [-0.3, -0.25) is 0 Å². The SMILES string of the molecule is COCCOc1ccc(N)c(-n2cccn2)c1. The second-order valence-corrected chi connectivity index (χ2v) is 3.51. The number of nitrogens with two attached hydrogens (primary N) is 1. The van der Waals surface area contributed by atoms with Crippen LogP contribution in [0.1, 0.15) is 0 Å². The Bertz CT molecular complexity index is 469. The number of benzene rings is 1. The number of nitrogen functional groups attached to an aromatic ring is 1. The molecule has 1 aromatic carbocycles. The predicted octanol–water partition coefficient (Wildman–Crippen LogP) is 1.48. The molecular weight excluding hydrogens is 218 g/mol. The van der Waals surface area contributed by atoms with Crippen LogP contribution in [0.25, 0.3) is 5.69 Å². The molecule has 0 aliphatic rings. The number of ether oxygens (including phenoxy) is 2. The minimum atomic E-state index is 0.513. The lowest BCUT2D eigenvalue weighted by Gasteiger charge is -2.10. The Morgan fingerprint density at radius 1 is 1.35 bits per heavy atom. The third-order valence-electron chi connectivity index (χ3n) is 2.31. The predicted molar refractivity (Wildman–Crippen MR) is 65.3 cm³/mol. The molecule has 5 nitrogen and oxygen atoms in total. The second-order valence-electron chi connectivity index (χ2n) is 3.51. The molecule has 0 unspecified atom stereocenters. The molecule has 0 aliphatic heterocycles. The van der Waals surface area contributed by atoms with Crippen molar-refractivity contribution in [3.05, 3.63) is 36.7 Å². The molecule has 0 saturated carbocycles. The van der Waals surface area contributed by atoms with Crippen LogP contribution in [0.2, 0.25) is 0 Å². The maximum Gasteiger partial charge on any atom is 0.121 e. The van der Waals surface area contributed by atoms with Crippen molar-refractivity contribution in [3.63, 3.8) is 0 Å². The van der Waals surface area contributed by atoms with E-state index in [1.54, 1.807) is 24.1 Å². The van der Waals surface area contributed by atoms with E-state index < -0.39 is 0 Å². The Hall–Kier alpha value is -2.01. The summed E-state index contributed by atoms with van der Waals surface area (Å²) in [6.45, 7) is 1.07. The van der Waals surface area contributed by atoms with Gasteiger partial charge in [-0.1, -0.05) is 0 Å². The lowest BCUT2D eigenvalue weighted by molar-refractivity contribution is 0.146. The molecule has 2 rings (SSSR count). The second kappa shape index (κ2) is 5.36. The largest absolute Gasteiger partial charge is 0.491 e. The lowest BCUT2D eigenvalue weighted by Crippen LogP contribution is -2.06. The van der Waals surface area contributed by atoms with Crippen molar-refractivity contribution in [3.8, 4) is 11.4 Å². The summed E-state index contributed by atoms with van der Waals surface area (Å²) < 4.78 is 12.1. The quantitative estimate of drug-likeness (QED) is 0.627. The summed E-state index contributed by atoms with van der Waals surface area (Å²) in [7, 11) is 1.64. The first kappa shape index (κ1) is 11.5. The highest BCUT2D eigenvalue weighted by Crippen LogP contribution is 2.22. The number of rotatable bonds is 5. The maximum absolute atomic E-state index is 5.89. The molecule has 0 bridgehead atoms. The molecule has 1 aromatic heterocycles. The molecule has 90 valence electrons. The van der Waals surface area contributed by atoms with Crippen molar-refractivity contribution in [2.75, 3.05) is 26.1 Å². The molecule has 5 heteroatoms. The summed E-state index contributed by atoms with van der Waals surface area (Å²) in [6.07, 6.45) is 3.54. The van der Waals surface area contributed by atoms with Crippen molar-refractivity contribution in [1.29, 1.82) is 0 Å². The van der Waals surface area contributed by atoms with Crippen LogP contribution < -0.4 is 10.5 Å². The first-order chi connectivity index (χ1) is 8.31. The van der Waals surface area contributed by atoms with Crippen LogP contribution in [0.4, 0.5) is 5.69 Å². The van der Waals surface area contributed by atoms with E-state index in [0.717, 1.165) is 11.4 Å². The van der Waals surface area contributed by atoms with Gasteiger partial charge in [-0.05, 0) is 18.2 Å². The van der Waals surface area contributed by atoms with Crippen molar-refractivity contribution in [2.24, 2.45) is 0 Å². The first-order valence-electron chi connectivity index (χ1n) is 5.32. The Morgan fingerprint density at radius 2 is 2.24 bits per heavy atom. The average molecular weight is 233 g/mol. The molecule has 0 saturated heterocycles. The molecule has 0 atom stereocenters. The van der Waals surface area contributed by atoms with Crippen LogP contribution in [0.3, 0.4) is 0 Å². The molecule has 1 heterocycles. The summed E-state index contributed by atoms with van der Waals surface area (Å²) in [5.74, 6) is 0.752. The van der Waals surface area contributed by atoms with Crippen LogP contribution in [0.5, 0.6) is 5.75 Å². The fraction of sp³-hybridized carbons (Fsp3) is 0.250. The van der Waals surface area contributed by atoms with E-state index in [1.165, 1.54) is 0 Å². The van der Waals surface area contributed by atoms with E-state index in [1.807, 2.05) is 24.4 Å². The van der Waals surface area contributed by atoms with Crippen LogP contribution in [0, 0.1) is 0 Å². The topological polar surface area (TPSA) is 62.3 Å². The number of nitrogens with zero attached hydrogens (tertiary/aromatic N) is 2. The van der Waals surface area contributed by atoms with E-state index in [0.29, 0.717) is 18.9 Å².